The highest BCUT2D eigenvalue weighted by Gasteiger charge is 2.80. The number of aryl methyl sites for hydroxylation is 1. The molecule has 2 saturated heterocycles. The third kappa shape index (κ3) is 4.58. The third-order valence-corrected chi connectivity index (χ3v) is 7.46. The van der Waals surface area contributed by atoms with Gasteiger partial charge in [0.2, 0.25) is 0 Å². The quantitative estimate of drug-likeness (QED) is 0.274. The monoisotopic (exact) mass is 532 g/mol. The maximum Gasteiger partial charge on any atom is 0.200 e. The van der Waals surface area contributed by atoms with E-state index < -0.39 is 35.3 Å². The largest absolute Gasteiger partial charge is 0.463 e. The standard InChI is InChI=1S/C31H32O8/c1-3-4-17-30-28(36-20-24-13-9-6-10-14-24)27(35-19-23-11-7-5-8-12-23)29(21-33,39-30)31(34,26(18-32)38-30)25-16-15-22(2)37-25/h3,5-16,18,21,26-28,34H,1,4,17,19-20H2,2H3/t26-,27-,28-,29-,30+,31+/m1/s1. The van der Waals surface area contributed by atoms with Gasteiger partial charge in [0.15, 0.2) is 35.7 Å². The van der Waals surface area contributed by atoms with Crippen LogP contribution in [0.25, 0.3) is 0 Å². The summed E-state index contributed by atoms with van der Waals surface area (Å²) < 4.78 is 31.4. The van der Waals surface area contributed by atoms with Crippen molar-refractivity contribution in [3.05, 3.63) is 108 Å². The van der Waals surface area contributed by atoms with Crippen LogP contribution in [-0.2, 0) is 47.4 Å². The van der Waals surface area contributed by atoms with Crippen LogP contribution in [-0.4, -0.2) is 47.4 Å². The lowest BCUT2D eigenvalue weighted by Gasteiger charge is -2.50. The van der Waals surface area contributed by atoms with Gasteiger partial charge in [-0.2, -0.15) is 0 Å². The summed E-state index contributed by atoms with van der Waals surface area (Å²) in [6.07, 6.45) is -0.418. The Bertz CT molecular complexity index is 1290. The van der Waals surface area contributed by atoms with Gasteiger partial charge in [0, 0.05) is 6.42 Å². The first-order valence-electron chi connectivity index (χ1n) is 12.9. The summed E-state index contributed by atoms with van der Waals surface area (Å²) in [6.45, 7) is 5.74. The topological polar surface area (TPSA) is 104 Å². The van der Waals surface area contributed by atoms with Crippen molar-refractivity contribution in [1.82, 2.24) is 0 Å². The van der Waals surface area contributed by atoms with Crippen LogP contribution in [0.3, 0.4) is 0 Å². The highest BCUT2D eigenvalue weighted by atomic mass is 16.8. The first-order valence-corrected chi connectivity index (χ1v) is 12.9. The summed E-state index contributed by atoms with van der Waals surface area (Å²) in [7, 11) is 0. The Morgan fingerprint density at radius 2 is 1.54 bits per heavy atom. The minimum Gasteiger partial charge on any atom is -0.463 e. The van der Waals surface area contributed by atoms with E-state index in [1.54, 1.807) is 19.1 Å². The predicted molar refractivity (Wildman–Crippen MR) is 140 cm³/mol. The molecule has 3 aromatic rings. The van der Waals surface area contributed by atoms with Crippen LogP contribution in [0, 0.1) is 6.92 Å². The summed E-state index contributed by atoms with van der Waals surface area (Å²) in [5.41, 5.74) is -2.72. The van der Waals surface area contributed by atoms with E-state index in [4.69, 9.17) is 23.4 Å². The molecule has 2 aliphatic rings. The van der Waals surface area contributed by atoms with E-state index in [1.807, 2.05) is 60.7 Å². The number of carbonyl (C=O) groups excluding carboxylic acids is 2. The fourth-order valence-corrected chi connectivity index (χ4v) is 5.55. The second-order valence-corrected chi connectivity index (χ2v) is 9.94. The molecular weight excluding hydrogens is 500 g/mol. The molecule has 0 spiro atoms. The fraction of sp³-hybridized carbons (Fsp3) is 0.355. The van der Waals surface area contributed by atoms with E-state index in [0.29, 0.717) is 24.8 Å². The molecular formula is C31H32O8. The van der Waals surface area contributed by atoms with Crippen LogP contribution in [0.15, 0.2) is 89.9 Å². The van der Waals surface area contributed by atoms with Crippen molar-refractivity contribution in [2.24, 2.45) is 0 Å². The SMILES string of the molecule is C=CCC[C@]12O[C@H](C=O)[C@@](O)(c3ccc(C)o3)[C@](C=O)(O1)[C@H](OCc1ccccc1)[C@H]2OCc1ccccc1. The maximum atomic E-state index is 13.2. The average molecular weight is 533 g/mol. The summed E-state index contributed by atoms with van der Waals surface area (Å²) in [4.78, 5) is 25.7. The Morgan fingerprint density at radius 3 is 2.05 bits per heavy atom. The normalized spacial score (nSPS) is 31.6. The molecule has 0 radical (unpaired) electrons. The average Bonchev–Trinajstić information content (AvgIpc) is 3.51. The highest BCUT2D eigenvalue weighted by molar-refractivity contribution is 5.74. The Labute approximate surface area is 227 Å². The number of fused-ring (bicyclic) bond motifs is 2. The first kappa shape index (κ1) is 27.2. The zero-order chi connectivity index (χ0) is 27.5. The Kier molecular flexibility index (Phi) is 7.66. The number of aldehydes is 2. The lowest BCUT2D eigenvalue weighted by atomic mass is 9.74. The third-order valence-electron chi connectivity index (χ3n) is 7.46. The van der Waals surface area contributed by atoms with E-state index >= 15 is 0 Å². The second kappa shape index (κ2) is 11.0. The Balaban J connectivity index is 1.64. The number of rotatable bonds is 12. The van der Waals surface area contributed by atoms with Gasteiger partial charge >= 0.3 is 0 Å². The molecule has 1 N–H and O–H groups in total. The maximum absolute atomic E-state index is 13.2. The van der Waals surface area contributed by atoms with Gasteiger partial charge in [-0.3, -0.25) is 4.79 Å². The van der Waals surface area contributed by atoms with E-state index in [0.717, 1.165) is 11.1 Å². The Hall–Kier alpha value is -3.40. The second-order valence-electron chi connectivity index (χ2n) is 9.94. The van der Waals surface area contributed by atoms with Crippen molar-refractivity contribution in [2.75, 3.05) is 0 Å². The molecule has 2 bridgehead atoms. The summed E-state index contributed by atoms with van der Waals surface area (Å²) >= 11 is 0. The number of furan rings is 1. The number of benzene rings is 2. The van der Waals surface area contributed by atoms with Crippen molar-refractivity contribution < 1.29 is 38.1 Å². The summed E-state index contributed by atoms with van der Waals surface area (Å²) in [6, 6.07) is 22.0. The van der Waals surface area contributed by atoms with Crippen molar-refractivity contribution in [1.29, 1.82) is 0 Å². The summed E-state index contributed by atoms with van der Waals surface area (Å²) in [5.74, 6) is -1.16. The number of hydrogen-bond donors (Lipinski definition) is 1. The van der Waals surface area contributed by atoms with Gasteiger partial charge in [0.05, 0.1) is 13.2 Å². The van der Waals surface area contributed by atoms with E-state index in [-0.39, 0.29) is 25.4 Å². The van der Waals surface area contributed by atoms with Crippen LogP contribution >= 0.6 is 0 Å². The minimum absolute atomic E-state index is 0.0430. The lowest BCUT2D eigenvalue weighted by molar-refractivity contribution is -0.380. The smallest absolute Gasteiger partial charge is 0.200 e. The summed E-state index contributed by atoms with van der Waals surface area (Å²) in [5, 5.41) is 12.3. The molecule has 6 atom stereocenters. The van der Waals surface area contributed by atoms with Gasteiger partial charge in [-0.1, -0.05) is 66.7 Å². The molecule has 5 rings (SSSR count). The molecule has 8 nitrogen and oxygen atoms in total. The molecule has 39 heavy (non-hydrogen) atoms. The Morgan fingerprint density at radius 1 is 0.923 bits per heavy atom. The van der Waals surface area contributed by atoms with Crippen LogP contribution in [0.2, 0.25) is 0 Å². The number of aliphatic hydroxyl groups is 1. The number of hydrogen-bond acceptors (Lipinski definition) is 8. The highest BCUT2D eigenvalue weighted by Crippen LogP contribution is 2.58. The van der Waals surface area contributed by atoms with Crippen LogP contribution in [0.5, 0.6) is 0 Å². The van der Waals surface area contributed by atoms with Gasteiger partial charge in [0.25, 0.3) is 0 Å². The number of carbonyl (C=O) groups is 2. The zero-order valence-electron chi connectivity index (χ0n) is 21.7. The van der Waals surface area contributed by atoms with Crippen LogP contribution < -0.4 is 0 Å². The van der Waals surface area contributed by atoms with Crippen LogP contribution in [0.1, 0.15) is 35.5 Å². The minimum atomic E-state index is -2.34. The molecule has 2 aromatic carbocycles. The molecule has 1 aromatic heterocycles. The molecule has 0 unspecified atom stereocenters. The van der Waals surface area contributed by atoms with Gasteiger partial charge in [-0.25, -0.2) is 0 Å². The number of ether oxygens (including phenoxy) is 4. The molecule has 0 amide bonds. The van der Waals surface area contributed by atoms with E-state index in [9.17, 15) is 14.7 Å². The van der Waals surface area contributed by atoms with Crippen molar-refractivity contribution >= 4 is 12.6 Å². The molecule has 204 valence electrons. The van der Waals surface area contributed by atoms with E-state index in [1.165, 1.54) is 6.07 Å². The molecule has 0 aliphatic carbocycles. The molecule has 0 saturated carbocycles. The zero-order valence-corrected chi connectivity index (χ0v) is 21.7. The first-order chi connectivity index (χ1) is 18.9. The van der Waals surface area contributed by atoms with Crippen molar-refractivity contribution in [3.8, 4) is 0 Å². The van der Waals surface area contributed by atoms with Crippen molar-refractivity contribution in [3.63, 3.8) is 0 Å². The van der Waals surface area contributed by atoms with Gasteiger partial charge in [0.1, 0.15) is 23.7 Å². The van der Waals surface area contributed by atoms with Crippen molar-refractivity contribution in [2.45, 2.75) is 68.3 Å². The van der Waals surface area contributed by atoms with E-state index in [2.05, 4.69) is 6.58 Å². The molecule has 3 heterocycles. The van der Waals surface area contributed by atoms with Gasteiger partial charge in [-0.15, -0.1) is 6.58 Å². The molecule has 2 aliphatic heterocycles. The van der Waals surface area contributed by atoms with Gasteiger partial charge < -0.3 is 33.3 Å². The lowest BCUT2D eigenvalue weighted by Crippen LogP contribution is -2.69. The molecule has 2 fully saturated rings. The number of allylic oxidation sites excluding steroid dienone is 1. The van der Waals surface area contributed by atoms with Gasteiger partial charge in [-0.05, 0) is 36.6 Å². The molecule has 8 heteroatoms. The van der Waals surface area contributed by atoms with Crippen LogP contribution in [0.4, 0.5) is 0 Å². The predicted octanol–water partition coefficient (Wildman–Crippen LogP) is 4.17. The fourth-order valence-electron chi connectivity index (χ4n) is 5.55.